The molecule has 0 fully saturated rings. The number of hydrogen-bond acceptors (Lipinski definition) is 6. The van der Waals surface area contributed by atoms with E-state index in [9.17, 15) is 9.59 Å². The van der Waals surface area contributed by atoms with Crippen LogP contribution in [0, 0.1) is 0 Å². The molecule has 0 unspecified atom stereocenters. The Kier molecular flexibility index (Phi) is 4.66. The maximum Gasteiger partial charge on any atom is 0.297 e. The summed E-state index contributed by atoms with van der Waals surface area (Å²) in [7, 11) is 0. The summed E-state index contributed by atoms with van der Waals surface area (Å²) in [6, 6.07) is 24.5. The Balaban J connectivity index is 1.55. The molecular formula is C27H17N3O4. The number of fused-ring (bicyclic) bond motifs is 2. The number of aromatic nitrogens is 2. The molecule has 0 spiro atoms. The molecule has 0 bridgehead atoms. The molecule has 0 N–H and O–H groups in total. The Morgan fingerprint density at radius 3 is 2.35 bits per heavy atom. The van der Waals surface area contributed by atoms with Crippen LogP contribution in [0.2, 0.25) is 0 Å². The zero-order valence-corrected chi connectivity index (χ0v) is 17.8. The van der Waals surface area contributed by atoms with Gasteiger partial charge in [-0.25, -0.2) is 9.97 Å². The highest BCUT2D eigenvalue weighted by molar-refractivity contribution is 6.09. The molecule has 3 aromatic carbocycles. The summed E-state index contributed by atoms with van der Waals surface area (Å²) in [6.45, 7) is 0. The van der Waals surface area contributed by atoms with Gasteiger partial charge in [-0.2, -0.15) is 0 Å². The maximum atomic E-state index is 13.6. The molecule has 2 aromatic heterocycles. The molecule has 0 aliphatic carbocycles. The van der Waals surface area contributed by atoms with Gasteiger partial charge in [-0.05, 0) is 48.0 Å². The Morgan fingerprint density at radius 1 is 0.794 bits per heavy atom. The summed E-state index contributed by atoms with van der Waals surface area (Å²) in [4.78, 5) is 37.1. The smallest absolute Gasteiger partial charge is 0.297 e. The molecule has 1 aliphatic rings. The summed E-state index contributed by atoms with van der Waals surface area (Å²) in [5.41, 5.74) is 1.03. The molecule has 164 valence electrons. The number of rotatable bonds is 4. The third-order valence-corrected chi connectivity index (χ3v) is 5.70. The van der Waals surface area contributed by atoms with Crippen molar-refractivity contribution in [2.75, 3.05) is 4.90 Å². The van der Waals surface area contributed by atoms with Crippen LogP contribution in [0.15, 0.2) is 107 Å². The normalized spacial score (nSPS) is 14.9. The lowest BCUT2D eigenvalue weighted by Gasteiger charge is -2.23. The fraction of sp³-hybridized carbons (Fsp3) is 0.0370. The fourth-order valence-corrected chi connectivity index (χ4v) is 4.23. The molecule has 7 heteroatoms. The predicted octanol–water partition coefficient (Wildman–Crippen LogP) is 5.13. The van der Waals surface area contributed by atoms with E-state index in [1.807, 2.05) is 54.6 Å². The van der Waals surface area contributed by atoms with Crippen molar-refractivity contribution in [1.29, 1.82) is 0 Å². The van der Waals surface area contributed by atoms with E-state index < -0.39 is 11.9 Å². The Labute approximate surface area is 193 Å². The van der Waals surface area contributed by atoms with Crippen LogP contribution in [0.1, 0.15) is 27.7 Å². The summed E-state index contributed by atoms with van der Waals surface area (Å²) < 4.78 is 11.9. The van der Waals surface area contributed by atoms with Crippen LogP contribution in [0.25, 0.3) is 11.0 Å². The largest absolute Gasteiger partial charge is 0.457 e. The number of para-hydroxylation sites is 2. The quantitative estimate of drug-likeness (QED) is 0.380. The average molecular weight is 447 g/mol. The van der Waals surface area contributed by atoms with Crippen molar-refractivity contribution in [1.82, 2.24) is 9.97 Å². The lowest BCUT2D eigenvalue weighted by Crippen LogP contribution is -2.31. The van der Waals surface area contributed by atoms with Crippen LogP contribution in [-0.2, 0) is 0 Å². The highest BCUT2D eigenvalue weighted by Crippen LogP contribution is 2.40. The van der Waals surface area contributed by atoms with E-state index in [1.165, 1.54) is 4.90 Å². The van der Waals surface area contributed by atoms with Crippen LogP contribution in [-0.4, -0.2) is 15.9 Å². The van der Waals surface area contributed by atoms with Gasteiger partial charge in [0.25, 0.3) is 5.91 Å². The van der Waals surface area contributed by atoms with Crippen molar-refractivity contribution >= 4 is 22.8 Å². The van der Waals surface area contributed by atoms with Crippen LogP contribution in [0.5, 0.6) is 11.5 Å². The van der Waals surface area contributed by atoms with Crippen LogP contribution in [0.3, 0.4) is 0 Å². The number of benzene rings is 3. The van der Waals surface area contributed by atoms with Crippen molar-refractivity contribution < 1.29 is 13.9 Å². The second-order valence-corrected chi connectivity index (χ2v) is 7.78. The highest BCUT2D eigenvalue weighted by Gasteiger charge is 2.45. The van der Waals surface area contributed by atoms with Crippen molar-refractivity contribution in [3.8, 4) is 11.5 Å². The summed E-state index contributed by atoms with van der Waals surface area (Å²) in [6.07, 6.45) is 3.10. The molecule has 7 nitrogen and oxygen atoms in total. The van der Waals surface area contributed by atoms with E-state index in [-0.39, 0.29) is 22.7 Å². The molecule has 0 saturated heterocycles. The Bertz CT molecular complexity index is 1580. The van der Waals surface area contributed by atoms with Crippen molar-refractivity contribution in [3.63, 3.8) is 0 Å². The van der Waals surface area contributed by atoms with Crippen LogP contribution >= 0.6 is 0 Å². The number of carbonyl (C=O) groups excluding carboxylic acids is 1. The molecule has 1 aliphatic heterocycles. The first kappa shape index (κ1) is 19.9. The van der Waals surface area contributed by atoms with Gasteiger partial charge in [0.2, 0.25) is 11.7 Å². The summed E-state index contributed by atoms with van der Waals surface area (Å²) in [5, 5.41) is 0.409. The Morgan fingerprint density at radius 2 is 1.53 bits per heavy atom. The standard InChI is InChI=1S/C27H17N3O4/c31-24-20-12-4-5-13-21(20)34-25-22(24)23(30(26(25)32)27-28-14-7-15-29-27)17-8-6-11-19(16-17)33-18-9-2-1-3-10-18/h1-16,23H/t23-/m0/s1. The van der Waals surface area contributed by atoms with Crippen molar-refractivity contribution in [2.45, 2.75) is 6.04 Å². The highest BCUT2D eigenvalue weighted by atomic mass is 16.5. The van der Waals surface area contributed by atoms with Gasteiger partial charge in [0.1, 0.15) is 17.1 Å². The fourth-order valence-electron chi connectivity index (χ4n) is 4.23. The summed E-state index contributed by atoms with van der Waals surface area (Å²) >= 11 is 0. The van der Waals surface area contributed by atoms with E-state index in [0.29, 0.717) is 28.0 Å². The van der Waals surface area contributed by atoms with Gasteiger partial charge in [-0.15, -0.1) is 0 Å². The topological polar surface area (TPSA) is 85.5 Å². The van der Waals surface area contributed by atoms with Crippen LogP contribution in [0.4, 0.5) is 5.95 Å². The van der Waals surface area contributed by atoms with Gasteiger partial charge in [0, 0.05) is 12.4 Å². The second-order valence-electron chi connectivity index (χ2n) is 7.78. The minimum absolute atomic E-state index is 0.00414. The zero-order chi connectivity index (χ0) is 23.1. The van der Waals surface area contributed by atoms with Gasteiger partial charge in [-0.1, -0.05) is 42.5 Å². The second kappa shape index (κ2) is 7.97. The molecule has 1 atom stereocenters. The lowest BCUT2D eigenvalue weighted by molar-refractivity contribution is 0.0969. The predicted molar refractivity (Wildman–Crippen MR) is 126 cm³/mol. The molecular weight excluding hydrogens is 430 g/mol. The van der Waals surface area contributed by atoms with Crippen molar-refractivity contribution in [3.05, 3.63) is 124 Å². The minimum atomic E-state index is -0.773. The number of ether oxygens (including phenoxy) is 1. The minimum Gasteiger partial charge on any atom is -0.457 e. The zero-order valence-electron chi connectivity index (χ0n) is 17.8. The van der Waals surface area contributed by atoms with Gasteiger partial charge < -0.3 is 9.15 Å². The van der Waals surface area contributed by atoms with E-state index in [2.05, 4.69) is 9.97 Å². The first-order chi connectivity index (χ1) is 16.7. The maximum absolute atomic E-state index is 13.6. The number of hydrogen-bond donors (Lipinski definition) is 0. The molecule has 1 amide bonds. The molecule has 6 rings (SSSR count). The number of anilines is 1. The number of amides is 1. The summed E-state index contributed by atoms with van der Waals surface area (Å²) in [5.74, 6) is 0.959. The Hall–Kier alpha value is -4.78. The first-order valence-electron chi connectivity index (χ1n) is 10.7. The van der Waals surface area contributed by atoms with Gasteiger partial charge in [0.05, 0.1) is 17.0 Å². The third kappa shape index (κ3) is 3.22. The average Bonchev–Trinajstić information content (AvgIpc) is 3.18. The lowest BCUT2D eigenvalue weighted by atomic mass is 9.98. The molecule has 5 aromatic rings. The molecule has 0 saturated carbocycles. The van der Waals surface area contributed by atoms with Crippen LogP contribution < -0.4 is 15.1 Å². The SMILES string of the molecule is O=C1c2oc3ccccc3c(=O)c2[C@H](c2cccc(Oc3ccccc3)c2)N1c1ncccn1. The monoisotopic (exact) mass is 447 g/mol. The number of nitrogens with zero attached hydrogens (tertiary/aromatic N) is 3. The third-order valence-electron chi connectivity index (χ3n) is 5.70. The van der Waals surface area contributed by atoms with Crippen molar-refractivity contribution in [2.24, 2.45) is 0 Å². The molecule has 34 heavy (non-hydrogen) atoms. The molecule has 3 heterocycles. The van der Waals surface area contributed by atoms with Gasteiger partial charge in [0.15, 0.2) is 5.43 Å². The first-order valence-corrected chi connectivity index (χ1v) is 10.7. The van der Waals surface area contributed by atoms with Gasteiger partial charge >= 0.3 is 0 Å². The molecule has 0 radical (unpaired) electrons. The van der Waals surface area contributed by atoms with Gasteiger partial charge in [-0.3, -0.25) is 14.5 Å². The van der Waals surface area contributed by atoms with E-state index in [1.54, 1.807) is 42.7 Å². The van der Waals surface area contributed by atoms with E-state index in [0.717, 1.165) is 0 Å². The van der Waals surface area contributed by atoms with E-state index in [4.69, 9.17) is 9.15 Å². The number of carbonyl (C=O) groups is 1. The van der Waals surface area contributed by atoms with E-state index >= 15 is 0 Å².